The van der Waals surface area contributed by atoms with E-state index < -0.39 is 23.7 Å². The summed E-state index contributed by atoms with van der Waals surface area (Å²) in [5.74, 6) is -2.69. The van der Waals surface area contributed by atoms with Crippen LogP contribution >= 0.6 is 11.6 Å². The molecule has 4 N–H and O–H groups in total. The first kappa shape index (κ1) is 25.9. The van der Waals surface area contributed by atoms with Crippen LogP contribution in [0.25, 0.3) is 5.57 Å². The summed E-state index contributed by atoms with van der Waals surface area (Å²) in [6.45, 7) is 0. The molecule has 5 rings (SSSR count). The molecule has 0 aliphatic carbocycles. The number of H-pyrrole nitrogens is 1. The van der Waals surface area contributed by atoms with E-state index in [2.05, 4.69) is 26.1 Å². The van der Waals surface area contributed by atoms with Gasteiger partial charge < -0.3 is 16.0 Å². The average Bonchev–Trinajstić information content (AvgIpc) is 3.33. The molecule has 1 aromatic heterocycles. The molecule has 1 aliphatic heterocycles. The molecule has 0 spiro atoms. The van der Waals surface area contributed by atoms with Crippen LogP contribution in [0.4, 0.5) is 15.9 Å². The number of allylic oxidation sites excluding steroid dienone is 1. The lowest BCUT2D eigenvalue weighted by Crippen LogP contribution is -2.44. The second kappa shape index (κ2) is 11.3. The smallest absolute Gasteiger partial charge is 0.271 e. The molecule has 10 heteroatoms. The van der Waals surface area contributed by atoms with Gasteiger partial charge in [0.1, 0.15) is 22.6 Å². The summed E-state index contributed by atoms with van der Waals surface area (Å²) in [5.41, 5.74) is 3.13. The van der Waals surface area contributed by atoms with Crippen LogP contribution in [0.2, 0.25) is 5.02 Å². The number of anilines is 2. The van der Waals surface area contributed by atoms with Gasteiger partial charge in [0.2, 0.25) is 5.91 Å². The number of fused-ring (bicyclic) bond motifs is 1. The molecule has 1 aliphatic rings. The van der Waals surface area contributed by atoms with Crippen molar-refractivity contribution in [3.8, 4) is 0 Å². The van der Waals surface area contributed by atoms with Crippen molar-refractivity contribution >= 4 is 46.4 Å². The number of amides is 3. The number of carbonyl (C=O) groups is 3. The van der Waals surface area contributed by atoms with Crippen LogP contribution in [-0.2, 0) is 4.79 Å². The Morgan fingerprint density at radius 2 is 1.67 bits per heavy atom. The van der Waals surface area contributed by atoms with Gasteiger partial charge in [0.25, 0.3) is 11.8 Å². The van der Waals surface area contributed by atoms with Crippen molar-refractivity contribution in [2.75, 3.05) is 10.6 Å². The van der Waals surface area contributed by atoms with Crippen LogP contribution < -0.4 is 16.0 Å². The summed E-state index contributed by atoms with van der Waals surface area (Å²) in [6.07, 6.45) is 2.88. The molecule has 0 radical (unpaired) electrons. The van der Waals surface area contributed by atoms with Gasteiger partial charge in [-0.15, -0.1) is 0 Å². The SMILES string of the molecule is O=C(Nc1n[nH]c(C(=O)NC2CC/C=C(/c3ccccc3)c3ccccc3NC2=O)c1Cl)c1ccccc1F. The fraction of sp³-hybridized carbons (Fsp3) is 0.103. The third-order valence-electron chi connectivity index (χ3n) is 6.27. The number of hydrogen-bond donors (Lipinski definition) is 4. The maximum atomic E-state index is 14.0. The zero-order valence-corrected chi connectivity index (χ0v) is 21.3. The maximum Gasteiger partial charge on any atom is 0.271 e. The highest BCUT2D eigenvalue weighted by molar-refractivity contribution is 6.36. The lowest BCUT2D eigenvalue weighted by Gasteiger charge is -2.18. The molecule has 0 saturated carbocycles. The fourth-order valence-electron chi connectivity index (χ4n) is 4.32. The number of carbonyl (C=O) groups excluding carboxylic acids is 3. The molecule has 1 atom stereocenters. The average molecular weight is 544 g/mol. The van der Waals surface area contributed by atoms with E-state index in [1.54, 1.807) is 0 Å². The first-order valence-electron chi connectivity index (χ1n) is 12.2. The number of para-hydroxylation sites is 1. The highest BCUT2D eigenvalue weighted by Gasteiger charge is 2.27. The predicted molar refractivity (Wildman–Crippen MR) is 147 cm³/mol. The van der Waals surface area contributed by atoms with Gasteiger partial charge in [-0.05, 0) is 42.2 Å². The number of hydrogen-bond acceptors (Lipinski definition) is 4. The molecule has 1 unspecified atom stereocenters. The van der Waals surface area contributed by atoms with E-state index in [0.717, 1.165) is 22.8 Å². The Bertz CT molecular complexity index is 1580. The molecule has 39 heavy (non-hydrogen) atoms. The minimum atomic E-state index is -0.882. The van der Waals surface area contributed by atoms with Crippen LogP contribution in [0.1, 0.15) is 44.8 Å². The lowest BCUT2D eigenvalue weighted by molar-refractivity contribution is -0.118. The Hall–Kier alpha value is -4.76. The van der Waals surface area contributed by atoms with E-state index in [4.69, 9.17) is 11.6 Å². The number of halogens is 2. The van der Waals surface area contributed by atoms with Crippen LogP contribution in [0.5, 0.6) is 0 Å². The third-order valence-corrected chi connectivity index (χ3v) is 6.64. The van der Waals surface area contributed by atoms with Crippen molar-refractivity contribution in [2.45, 2.75) is 18.9 Å². The number of aromatic amines is 1. The molecule has 3 aromatic carbocycles. The van der Waals surface area contributed by atoms with Crippen molar-refractivity contribution < 1.29 is 18.8 Å². The zero-order valence-electron chi connectivity index (χ0n) is 20.5. The number of benzene rings is 3. The van der Waals surface area contributed by atoms with Crippen molar-refractivity contribution in [3.63, 3.8) is 0 Å². The molecule has 0 bridgehead atoms. The molecule has 4 aromatic rings. The van der Waals surface area contributed by atoms with E-state index in [9.17, 15) is 18.8 Å². The summed E-state index contributed by atoms with van der Waals surface area (Å²) in [7, 11) is 0. The van der Waals surface area contributed by atoms with Gasteiger partial charge in [-0.3, -0.25) is 19.5 Å². The van der Waals surface area contributed by atoms with Gasteiger partial charge in [-0.1, -0.05) is 78.3 Å². The van der Waals surface area contributed by atoms with E-state index in [1.807, 2.05) is 60.7 Å². The highest BCUT2D eigenvalue weighted by atomic mass is 35.5. The van der Waals surface area contributed by atoms with Crippen LogP contribution in [0.3, 0.4) is 0 Å². The number of nitrogens with one attached hydrogen (secondary N) is 4. The quantitative estimate of drug-likeness (QED) is 0.269. The predicted octanol–water partition coefficient (Wildman–Crippen LogP) is 5.42. The Morgan fingerprint density at radius 1 is 0.949 bits per heavy atom. The largest absolute Gasteiger partial charge is 0.339 e. The molecule has 0 fully saturated rings. The van der Waals surface area contributed by atoms with Crippen molar-refractivity contribution in [1.82, 2.24) is 15.5 Å². The van der Waals surface area contributed by atoms with Gasteiger partial charge >= 0.3 is 0 Å². The minimum absolute atomic E-state index is 0.140. The maximum absolute atomic E-state index is 14.0. The van der Waals surface area contributed by atoms with Gasteiger partial charge in [0.05, 0.1) is 5.56 Å². The van der Waals surface area contributed by atoms with E-state index in [1.165, 1.54) is 18.2 Å². The fourth-order valence-corrected chi connectivity index (χ4v) is 4.54. The van der Waals surface area contributed by atoms with Crippen LogP contribution in [0.15, 0.2) is 84.9 Å². The summed E-state index contributed by atoms with van der Waals surface area (Å²) < 4.78 is 14.0. The molecule has 8 nitrogen and oxygen atoms in total. The normalized spacial score (nSPS) is 16.4. The zero-order chi connectivity index (χ0) is 27.4. The summed E-state index contributed by atoms with van der Waals surface area (Å²) in [5, 5.41) is 14.2. The first-order chi connectivity index (χ1) is 18.9. The molecular formula is C29H23ClFN5O3. The molecule has 3 amide bonds. The molecule has 196 valence electrons. The number of nitrogens with zero attached hydrogens (tertiary/aromatic N) is 1. The molecule has 2 heterocycles. The lowest BCUT2D eigenvalue weighted by atomic mass is 9.95. The number of aromatic nitrogens is 2. The van der Waals surface area contributed by atoms with Gasteiger partial charge in [-0.25, -0.2) is 4.39 Å². The Morgan fingerprint density at radius 3 is 2.46 bits per heavy atom. The Kier molecular flexibility index (Phi) is 7.51. The van der Waals surface area contributed by atoms with Crippen molar-refractivity contribution in [3.05, 3.63) is 118 Å². The summed E-state index contributed by atoms with van der Waals surface area (Å²) >= 11 is 6.31. The monoisotopic (exact) mass is 543 g/mol. The van der Waals surface area contributed by atoms with Crippen LogP contribution in [-0.4, -0.2) is 34.0 Å². The third kappa shape index (κ3) is 5.58. The van der Waals surface area contributed by atoms with E-state index in [0.29, 0.717) is 18.5 Å². The number of rotatable bonds is 5. The molecular weight excluding hydrogens is 521 g/mol. The first-order valence-corrected chi connectivity index (χ1v) is 12.6. The second-order valence-electron chi connectivity index (χ2n) is 8.82. The van der Waals surface area contributed by atoms with Crippen molar-refractivity contribution in [2.24, 2.45) is 0 Å². The van der Waals surface area contributed by atoms with Crippen LogP contribution in [0, 0.1) is 5.82 Å². The molecule has 0 saturated heterocycles. The van der Waals surface area contributed by atoms with E-state index >= 15 is 0 Å². The summed E-state index contributed by atoms with van der Waals surface area (Å²) in [6, 6.07) is 21.9. The minimum Gasteiger partial charge on any atom is -0.339 e. The highest BCUT2D eigenvalue weighted by Crippen LogP contribution is 2.32. The Balaban J connectivity index is 1.34. The topological polar surface area (TPSA) is 116 Å². The summed E-state index contributed by atoms with van der Waals surface area (Å²) in [4.78, 5) is 38.7. The standard InChI is InChI=1S/C29H23ClFN5O3/c30-24-25(35-36-26(24)34-27(37)20-12-4-6-14-21(20)31)29(39)33-23-16-8-13-18(17-9-2-1-3-10-17)19-11-5-7-15-22(19)32-28(23)38/h1-7,9-15,23H,8,16H2,(H,32,38)(H,33,39)(H2,34,35,36,37)/b18-13-. The van der Waals surface area contributed by atoms with E-state index in [-0.39, 0.29) is 28.0 Å². The van der Waals surface area contributed by atoms with Gasteiger partial charge in [0.15, 0.2) is 5.82 Å². The van der Waals surface area contributed by atoms with Gasteiger partial charge in [0, 0.05) is 11.3 Å². The van der Waals surface area contributed by atoms with Gasteiger partial charge in [-0.2, -0.15) is 5.10 Å². The Labute approximate surface area is 228 Å². The second-order valence-corrected chi connectivity index (χ2v) is 9.20. The van der Waals surface area contributed by atoms with Crippen molar-refractivity contribution in [1.29, 1.82) is 0 Å².